The number of hydrogen-bond donors (Lipinski definition) is 1. The standard InChI is InChI=1S/C24H29N3O4.ClH/c1-30-22-5-3-2-4-21(22)27-14-12-26(13-15-27)11-10-24(29)31-17-18-6-7-19-8-9-23(28)25-20(19)16-18;/h2-7,16H,8-15,17H2,1H3,(H,25,28);1H. The fourth-order valence-electron chi connectivity index (χ4n) is 4.10. The first-order chi connectivity index (χ1) is 15.1. The number of aryl methyl sites for hydroxylation is 1. The largest absolute Gasteiger partial charge is 0.495 e. The Labute approximate surface area is 195 Å². The number of carbonyl (C=O) groups excluding carboxylic acids is 2. The second kappa shape index (κ2) is 11.2. The van der Waals surface area contributed by atoms with Gasteiger partial charge in [0.1, 0.15) is 12.4 Å². The number of rotatable bonds is 7. The van der Waals surface area contributed by atoms with E-state index in [4.69, 9.17) is 9.47 Å². The number of nitrogens with zero attached hydrogens (tertiary/aromatic N) is 2. The first-order valence-corrected chi connectivity index (χ1v) is 10.8. The zero-order valence-electron chi connectivity index (χ0n) is 18.3. The molecular weight excluding hydrogens is 430 g/mol. The average Bonchev–Trinajstić information content (AvgIpc) is 2.81. The lowest BCUT2D eigenvalue weighted by atomic mass is 10.0. The van der Waals surface area contributed by atoms with E-state index < -0.39 is 0 Å². The summed E-state index contributed by atoms with van der Waals surface area (Å²) in [6.07, 6.45) is 1.65. The van der Waals surface area contributed by atoms with Gasteiger partial charge in [0, 0.05) is 44.8 Å². The Morgan fingerprint density at radius 3 is 2.62 bits per heavy atom. The predicted octanol–water partition coefficient (Wildman–Crippen LogP) is 3.26. The lowest BCUT2D eigenvalue weighted by molar-refractivity contribution is -0.145. The van der Waals surface area contributed by atoms with E-state index in [1.54, 1.807) is 7.11 Å². The van der Waals surface area contributed by atoms with E-state index in [1.807, 2.05) is 36.4 Å². The molecule has 4 rings (SSSR count). The van der Waals surface area contributed by atoms with Crippen LogP contribution in [0.1, 0.15) is 24.0 Å². The lowest BCUT2D eigenvalue weighted by Gasteiger charge is -2.36. The van der Waals surface area contributed by atoms with Gasteiger partial charge in [-0.25, -0.2) is 0 Å². The fraction of sp³-hybridized carbons (Fsp3) is 0.417. The highest BCUT2D eigenvalue weighted by Crippen LogP contribution is 2.28. The van der Waals surface area contributed by atoms with Gasteiger partial charge in [0.15, 0.2) is 0 Å². The van der Waals surface area contributed by atoms with Crippen LogP contribution in [0.4, 0.5) is 11.4 Å². The van der Waals surface area contributed by atoms with Crippen LogP contribution in [0.15, 0.2) is 42.5 Å². The number of hydrogen-bond acceptors (Lipinski definition) is 6. The Morgan fingerprint density at radius 2 is 1.84 bits per heavy atom. The molecule has 0 unspecified atom stereocenters. The van der Waals surface area contributed by atoms with E-state index in [0.717, 1.165) is 60.9 Å². The maximum absolute atomic E-state index is 12.2. The fourth-order valence-corrected chi connectivity index (χ4v) is 4.10. The van der Waals surface area contributed by atoms with Crippen molar-refractivity contribution >= 4 is 35.7 Å². The van der Waals surface area contributed by atoms with Crippen molar-refractivity contribution in [1.82, 2.24) is 4.90 Å². The minimum absolute atomic E-state index is 0. The van der Waals surface area contributed by atoms with Crippen molar-refractivity contribution in [2.75, 3.05) is 50.1 Å². The summed E-state index contributed by atoms with van der Waals surface area (Å²) >= 11 is 0. The van der Waals surface area contributed by atoms with E-state index in [2.05, 4.69) is 21.2 Å². The highest BCUT2D eigenvalue weighted by molar-refractivity contribution is 5.94. The number of ether oxygens (including phenoxy) is 2. The Hall–Kier alpha value is -2.77. The zero-order valence-corrected chi connectivity index (χ0v) is 19.2. The van der Waals surface area contributed by atoms with Crippen LogP contribution in [0.25, 0.3) is 0 Å². The molecule has 0 radical (unpaired) electrons. The second-order valence-electron chi connectivity index (χ2n) is 7.95. The molecular formula is C24H30ClN3O4. The Morgan fingerprint density at radius 1 is 1.06 bits per heavy atom. The van der Waals surface area contributed by atoms with Gasteiger partial charge >= 0.3 is 5.97 Å². The minimum atomic E-state index is -0.200. The molecule has 32 heavy (non-hydrogen) atoms. The molecule has 1 fully saturated rings. The predicted molar refractivity (Wildman–Crippen MR) is 127 cm³/mol. The maximum Gasteiger partial charge on any atom is 0.307 e. The van der Waals surface area contributed by atoms with E-state index in [9.17, 15) is 9.59 Å². The van der Waals surface area contributed by atoms with Crippen LogP contribution in [0.2, 0.25) is 0 Å². The van der Waals surface area contributed by atoms with Crippen LogP contribution in [-0.4, -0.2) is 56.6 Å². The van der Waals surface area contributed by atoms with E-state index in [1.165, 1.54) is 0 Å². The Bertz CT molecular complexity index is 945. The molecule has 1 amide bonds. The number of piperazine rings is 1. The molecule has 1 N–H and O–H groups in total. The number of halogens is 1. The number of anilines is 2. The second-order valence-corrected chi connectivity index (χ2v) is 7.95. The van der Waals surface area contributed by atoms with Gasteiger partial charge in [-0.1, -0.05) is 24.3 Å². The van der Waals surface area contributed by atoms with Gasteiger partial charge < -0.3 is 19.7 Å². The van der Waals surface area contributed by atoms with Crippen LogP contribution >= 0.6 is 12.4 Å². The molecule has 7 nitrogen and oxygen atoms in total. The molecule has 0 saturated carbocycles. The average molecular weight is 460 g/mol. The number of para-hydroxylation sites is 2. The molecule has 0 bridgehead atoms. The summed E-state index contributed by atoms with van der Waals surface area (Å²) in [5, 5.41) is 2.88. The smallest absolute Gasteiger partial charge is 0.307 e. The van der Waals surface area contributed by atoms with Gasteiger partial charge in [-0.2, -0.15) is 0 Å². The number of esters is 1. The quantitative estimate of drug-likeness (QED) is 0.641. The van der Waals surface area contributed by atoms with Crippen molar-refractivity contribution < 1.29 is 19.1 Å². The number of benzene rings is 2. The first kappa shape index (κ1) is 23.9. The Kier molecular flexibility index (Phi) is 8.36. The molecule has 172 valence electrons. The summed E-state index contributed by atoms with van der Waals surface area (Å²) in [5.41, 5.74) is 3.96. The number of nitrogens with one attached hydrogen (secondary N) is 1. The van der Waals surface area contributed by atoms with Crippen molar-refractivity contribution in [1.29, 1.82) is 0 Å². The zero-order chi connectivity index (χ0) is 21.6. The molecule has 0 spiro atoms. The highest BCUT2D eigenvalue weighted by Gasteiger charge is 2.20. The number of methoxy groups -OCH3 is 1. The van der Waals surface area contributed by atoms with E-state index in [-0.39, 0.29) is 30.9 Å². The number of amides is 1. The van der Waals surface area contributed by atoms with Gasteiger partial charge in [0.25, 0.3) is 0 Å². The van der Waals surface area contributed by atoms with Crippen LogP contribution in [0.3, 0.4) is 0 Å². The monoisotopic (exact) mass is 459 g/mol. The van der Waals surface area contributed by atoms with Crippen molar-refractivity contribution in [3.63, 3.8) is 0 Å². The van der Waals surface area contributed by atoms with Crippen LogP contribution in [-0.2, 0) is 27.4 Å². The summed E-state index contributed by atoms with van der Waals surface area (Å²) in [4.78, 5) is 28.4. The molecule has 2 aromatic rings. The summed E-state index contributed by atoms with van der Waals surface area (Å²) in [7, 11) is 1.70. The lowest BCUT2D eigenvalue weighted by Crippen LogP contribution is -2.47. The van der Waals surface area contributed by atoms with Crippen LogP contribution < -0.4 is 15.0 Å². The Balaban J connectivity index is 0.00000289. The molecule has 0 aromatic heterocycles. The van der Waals surface area contributed by atoms with E-state index in [0.29, 0.717) is 19.4 Å². The normalized spacial score (nSPS) is 15.9. The molecule has 2 aromatic carbocycles. The molecule has 8 heteroatoms. The molecule has 2 heterocycles. The summed E-state index contributed by atoms with van der Waals surface area (Å²) in [6, 6.07) is 13.9. The van der Waals surface area contributed by atoms with Crippen LogP contribution in [0.5, 0.6) is 5.75 Å². The molecule has 2 aliphatic rings. The summed E-state index contributed by atoms with van der Waals surface area (Å²) < 4.78 is 10.9. The molecule has 1 saturated heterocycles. The van der Waals surface area contributed by atoms with Gasteiger partial charge in [-0.3, -0.25) is 14.5 Å². The first-order valence-electron chi connectivity index (χ1n) is 10.8. The molecule has 0 atom stereocenters. The molecule has 0 aliphatic carbocycles. The van der Waals surface area contributed by atoms with Gasteiger partial charge in [-0.05, 0) is 35.7 Å². The number of carbonyl (C=O) groups is 2. The van der Waals surface area contributed by atoms with E-state index >= 15 is 0 Å². The topological polar surface area (TPSA) is 71.1 Å². The van der Waals surface area contributed by atoms with Crippen molar-refractivity contribution in [3.8, 4) is 5.75 Å². The van der Waals surface area contributed by atoms with Gasteiger partial charge in [0.05, 0.1) is 19.2 Å². The SMILES string of the molecule is COc1ccccc1N1CCN(CCC(=O)OCc2ccc3c(c2)NC(=O)CC3)CC1.Cl. The van der Waals surface area contributed by atoms with Crippen molar-refractivity contribution in [2.24, 2.45) is 0 Å². The van der Waals surface area contributed by atoms with Crippen molar-refractivity contribution in [3.05, 3.63) is 53.6 Å². The van der Waals surface area contributed by atoms with Gasteiger partial charge in [0.2, 0.25) is 5.91 Å². The van der Waals surface area contributed by atoms with Crippen molar-refractivity contribution in [2.45, 2.75) is 25.9 Å². The third kappa shape index (κ3) is 5.93. The number of fused-ring (bicyclic) bond motifs is 1. The third-order valence-electron chi connectivity index (χ3n) is 5.90. The molecule has 2 aliphatic heterocycles. The summed E-state index contributed by atoms with van der Waals surface area (Å²) in [6.45, 7) is 4.51. The third-order valence-corrected chi connectivity index (χ3v) is 5.90. The van der Waals surface area contributed by atoms with Gasteiger partial charge in [-0.15, -0.1) is 12.4 Å². The minimum Gasteiger partial charge on any atom is -0.495 e. The van der Waals surface area contributed by atoms with Crippen LogP contribution in [0, 0.1) is 0 Å². The maximum atomic E-state index is 12.2. The summed E-state index contributed by atoms with van der Waals surface area (Å²) in [5.74, 6) is 0.725. The highest BCUT2D eigenvalue weighted by atomic mass is 35.5.